The van der Waals surface area contributed by atoms with Crippen LogP contribution in [0.15, 0.2) is 0 Å². The van der Waals surface area contributed by atoms with Gasteiger partial charge in [0, 0.05) is 6.61 Å². The van der Waals surface area contributed by atoms with Gasteiger partial charge in [0.25, 0.3) is 0 Å². The minimum absolute atomic E-state index is 0.129. The smallest absolute Gasteiger partial charge is 0.313 e. The summed E-state index contributed by atoms with van der Waals surface area (Å²) in [6.07, 6.45) is 0. The number of carboxylic acid groups (broad SMARTS) is 1. The Morgan fingerprint density at radius 1 is 1.70 bits per heavy atom. The molecule has 0 aliphatic heterocycles. The van der Waals surface area contributed by atoms with Crippen molar-refractivity contribution >= 4 is 17.7 Å². The van der Waals surface area contributed by atoms with E-state index in [0.717, 1.165) is 0 Å². The van der Waals surface area contributed by atoms with Crippen LogP contribution in [-0.4, -0.2) is 34.3 Å². The van der Waals surface area contributed by atoms with Crippen LogP contribution in [-0.2, 0) is 4.79 Å². The van der Waals surface area contributed by atoms with Gasteiger partial charge in [-0.25, -0.2) is 0 Å². The Hall–Kier alpha value is -0.220. The number of aliphatic hydroxyl groups is 1. The average Bonchev–Trinajstić information content (AvgIpc) is 1.87. The molecule has 0 aliphatic rings. The number of aliphatic carboxylic acids is 1. The van der Waals surface area contributed by atoms with Crippen LogP contribution < -0.4 is 0 Å². The van der Waals surface area contributed by atoms with Crippen molar-refractivity contribution in [3.8, 4) is 0 Å². The molecule has 1 unspecified atom stereocenters. The summed E-state index contributed by atoms with van der Waals surface area (Å²) in [7, 11) is 0. The number of hydrogen-bond donors (Lipinski definition) is 2. The van der Waals surface area contributed by atoms with Crippen LogP contribution in [0, 0.1) is 5.92 Å². The van der Waals surface area contributed by atoms with E-state index in [1.807, 2.05) is 6.92 Å². The Morgan fingerprint density at radius 2 is 2.30 bits per heavy atom. The maximum absolute atomic E-state index is 9.99. The van der Waals surface area contributed by atoms with E-state index in [9.17, 15) is 4.79 Å². The second-order valence-electron chi connectivity index (χ2n) is 2.20. The van der Waals surface area contributed by atoms with Crippen LogP contribution in [0.1, 0.15) is 6.92 Å². The normalized spacial score (nSPS) is 13.0. The van der Waals surface area contributed by atoms with E-state index < -0.39 is 5.97 Å². The quantitative estimate of drug-likeness (QED) is 0.618. The Morgan fingerprint density at radius 3 is 2.70 bits per heavy atom. The maximum atomic E-state index is 9.99. The van der Waals surface area contributed by atoms with Crippen molar-refractivity contribution in [3.05, 3.63) is 0 Å². The highest BCUT2D eigenvalue weighted by molar-refractivity contribution is 7.99. The molecule has 0 fully saturated rings. The largest absolute Gasteiger partial charge is 0.481 e. The minimum atomic E-state index is -0.796. The molecule has 0 aromatic rings. The van der Waals surface area contributed by atoms with E-state index in [4.69, 9.17) is 10.2 Å². The first kappa shape index (κ1) is 9.78. The first-order valence-corrected chi connectivity index (χ1v) is 4.22. The Labute approximate surface area is 64.4 Å². The van der Waals surface area contributed by atoms with Gasteiger partial charge in [-0.2, -0.15) is 0 Å². The summed E-state index contributed by atoms with van der Waals surface area (Å²) < 4.78 is 0. The lowest BCUT2D eigenvalue weighted by atomic mass is 10.2. The van der Waals surface area contributed by atoms with Crippen LogP contribution in [0.2, 0.25) is 0 Å². The van der Waals surface area contributed by atoms with Crippen molar-refractivity contribution in [3.63, 3.8) is 0 Å². The predicted octanol–water partition coefficient (Wildman–Crippen LogP) is 0.433. The molecule has 1 atom stereocenters. The van der Waals surface area contributed by atoms with E-state index in [1.54, 1.807) is 0 Å². The molecule has 0 spiro atoms. The van der Waals surface area contributed by atoms with Gasteiger partial charge >= 0.3 is 5.97 Å². The van der Waals surface area contributed by atoms with E-state index >= 15 is 0 Å². The molecule has 4 heteroatoms. The van der Waals surface area contributed by atoms with Crippen molar-refractivity contribution < 1.29 is 15.0 Å². The molecular weight excluding hydrogens is 152 g/mol. The second kappa shape index (κ2) is 5.56. The second-order valence-corrected chi connectivity index (χ2v) is 3.23. The zero-order valence-corrected chi connectivity index (χ0v) is 6.73. The van der Waals surface area contributed by atoms with E-state index in [1.165, 1.54) is 11.8 Å². The summed E-state index contributed by atoms with van der Waals surface area (Å²) in [5.41, 5.74) is 0. The summed E-state index contributed by atoms with van der Waals surface area (Å²) in [5, 5.41) is 16.8. The molecule has 0 saturated carbocycles. The third-order valence-electron chi connectivity index (χ3n) is 0.940. The summed E-state index contributed by atoms with van der Waals surface area (Å²) >= 11 is 1.33. The van der Waals surface area contributed by atoms with Crippen LogP contribution >= 0.6 is 11.8 Å². The molecule has 0 aromatic heterocycles. The molecule has 0 aliphatic carbocycles. The first-order valence-electron chi connectivity index (χ1n) is 3.07. The zero-order valence-electron chi connectivity index (χ0n) is 5.91. The van der Waals surface area contributed by atoms with Gasteiger partial charge in [0.15, 0.2) is 0 Å². The summed E-state index contributed by atoms with van der Waals surface area (Å²) in [6, 6.07) is 0. The molecule has 60 valence electrons. The van der Waals surface area contributed by atoms with Gasteiger partial charge < -0.3 is 10.2 Å². The van der Waals surface area contributed by atoms with E-state index in [-0.39, 0.29) is 18.3 Å². The van der Waals surface area contributed by atoms with Crippen LogP contribution in [0.5, 0.6) is 0 Å². The lowest BCUT2D eigenvalue weighted by Crippen LogP contribution is -2.06. The molecule has 0 saturated heterocycles. The van der Waals surface area contributed by atoms with Gasteiger partial charge in [0.1, 0.15) is 0 Å². The van der Waals surface area contributed by atoms with Crippen LogP contribution in [0.3, 0.4) is 0 Å². The molecule has 0 radical (unpaired) electrons. The van der Waals surface area contributed by atoms with Gasteiger partial charge in [-0.1, -0.05) is 6.92 Å². The summed E-state index contributed by atoms with van der Waals surface area (Å²) in [4.78, 5) is 9.99. The highest BCUT2D eigenvalue weighted by Gasteiger charge is 2.01. The Bertz CT molecular complexity index is 105. The van der Waals surface area contributed by atoms with E-state index in [0.29, 0.717) is 5.75 Å². The Kier molecular flexibility index (Phi) is 5.43. The third kappa shape index (κ3) is 5.91. The van der Waals surface area contributed by atoms with Crippen molar-refractivity contribution in [1.82, 2.24) is 0 Å². The third-order valence-corrected chi connectivity index (χ3v) is 2.20. The van der Waals surface area contributed by atoms with Crippen molar-refractivity contribution in [2.45, 2.75) is 6.92 Å². The van der Waals surface area contributed by atoms with Gasteiger partial charge in [-0.15, -0.1) is 11.8 Å². The molecule has 3 nitrogen and oxygen atoms in total. The maximum Gasteiger partial charge on any atom is 0.313 e. The lowest BCUT2D eigenvalue weighted by molar-refractivity contribution is -0.133. The fraction of sp³-hybridized carbons (Fsp3) is 0.833. The number of rotatable bonds is 5. The molecule has 0 aromatic carbocycles. The number of aliphatic hydroxyl groups excluding tert-OH is 1. The molecule has 10 heavy (non-hydrogen) atoms. The van der Waals surface area contributed by atoms with Gasteiger partial charge in [0.2, 0.25) is 0 Å². The first-order chi connectivity index (χ1) is 4.66. The molecular formula is C6H12O3S. The van der Waals surface area contributed by atoms with E-state index in [2.05, 4.69) is 0 Å². The topological polar surface area (TPSA) is 57.5 Å². The molecule has 0 amide bonds. The van der Waals surface area contributed by atoms with Gasteiger partial charge in [-0.3, -0.25) is 4.79 Å². The van der Waals surface area contributed by atoms with Gasteiger partial charge in [0.05, 0.1) is 5.75 Å². The molecule has 0 bridgehead atoms. The average molecular weight is 164 g/mol. The minimum Gasteiger partial charge on any atom is -0.481 e. The number of thioether (sulfide) groups is 1. The zero-order chi connectivity index (χ0) is 7.98. The van der Waals surface area contributed by atoms with Crippen molar-refractivity contribution in [2.75, 3.05) is 18.1 Å². The number of carbonyl (C=O) groups is 1. The fourth-order valence-electron chi connectivity index (χ4n) is 0.400. The van der Waals surface area contributed by atoms with Crippen molar-refractivity contribution in [2.24, 2.45) is 5.92 Å². The monoisotopic (exact) mass is 164 g/mol. The molecule has 0 heterocycles. The van der Waals surface area contributed by atoms with Crippen LogP contribution in [0.4, 0.5) is 0 Å². The summed E-state index contributed by atoms with van der Waals surface area (Å²) in [5.74, 6) is 0.243. The standard InChI is InChI=1S/C6H12O3S/c1-5(2-7)3-10-4-6(8)9/h5,7H,2-4H2,1H3,(H,8,9). The summed E-state index contributed by atoms with van der Waals surface area (Å²) in [6.45, 7) is 2.02. The molecule has 0 rings (SSSR count). The van der Waals surface area contributed by atoms with Crippen molar-refractivity contribution in [1.29, 1.82) is 0 Å². The SMILES string of the molecule is CC(CO)CSCC(=O)O. The van der Waals surface area contributed by atoms with Gasteiger partial charge in [-0.05, 0) is 11.7 Å². The number of carboxylic acids is 1. The van der Waals surface area contributed by atoms with Crippen LogP contribution in [0.25, 0.3) is 0 Å². The Balaban J connectivity index is 3.11. The lowest BCUT2D eigenvalue weighted by Gasteiger charge is -2.04. The molecule has 2 N–H and O–H groups in total. The highest BCUT2D eigenvalue weighted by atomic mass is 32.2. The predicted molar refractivity (Wildman–Crippen MR) is 41.2 cm³/mol. The number of hydrogen-bond acceptors (Lipinski definition) is 3. The fourth-order valence-corrected chi connectivity index (χ4v) is 1.20. The highest BCUT2D eigenvalue weighted by Crippen LogP contribution is 2.06.